The molecule has 0 radical (unpaired) electrons. The van der Waals surface area contributed by atoms with E-state index in [0.29, 0.717) is 0 Å². The smallest absolute Gasteiger partial charge is 0.170 e. The molecule has 1 fully saturated rings. The fourth-order valence-electron chi connectivity index (χ4n) is 1.40. The van der Waals surface area contributed by atoms with E-state index in [2.05, 4.69) is 5.32 Å². The number of rotatable bonds is 2. The standard InChI is InChI=1S/C9H19NO2/c1-9(2,3)12-8(11)7-5-4-6-10-7/h7-8,10-11H,4-6H2,1-3H3/t7-,8?/m0/s1. The van der Waals surface area contributed by atoms with Crippen LogP contribution in [0.5, 0.6) is 0 Å². The molecule has 3 nitrogen and oxygen atoms in total. The van der Waals surface area contributed by atoms with Crippen LogP contribution in [0.15, 0.2) is 0 Å². The molecule has 1 heterocycles. The summed E-state index contributed by atoms with van der Waals surface area (Å²) in [6.07, 6.45) is 1.49. The summed E-state index contributed by atoms with van der Waals surface area (Å²) in [6, 6.07) is 0.129. The predicted octanol–water partition coefficient (Wildman–Crippen LogP) is 0.872. The first kappa shape index (κ1) is 9.96. The van der Waals surface area contributed by atoms with Crippen LogP contribution >= 0.6 is 0 Å². The van der Waals surface area contributed by atoms with Crippen molar-refractivity contribution >= 4 is 0 Å². The molecule has 3 heteroatoms. The van der Waals surface area contributed by atoms with E-state index in [9.17, 15) is 5.11 Å². The van der Waals surface area contributed by atoms with Crippen LogP contribution in [0.3, 0.4) is 0 Å². The van der Waals surface area contributed by atoms with Crippen molar-refractivity contribution in [3.8, 4) is 0 Å². The number of aliphatic hydroxyl groups is 1. The maximum absolute atomic E-state index is 9.60. The Morgan fingerprint density at radius 3 is 2.58 bits per heavy atom. The molecule has 0 aromatic carbocycles. The Morgan fingerprint density at radius 2 is 2.17 bits per heavy atom. The quantitative estimate of drug-likeness (QED) is 0.609. The summed E-state index contributed by atoms with van der Waals surface area (Å²) in [6.45, 7) is 6.84. The Labute approximate surface area is 74.1 Å². The van der Waals surface area contributed by atoms with E-state index in [1.165, 1.54) is 0 Å². The molecule has 0 amide bonds. The normalized spacial score (nSPS) is 27.5. The van der Waals surface area contributed by atoms with Crippen molar-refractivity contribution in [3.63, 3.8) is 0 Å². The van der Waals surface area contributed by atoms with E-state index in [-0.39, 0.29) is 11.6 Å². The van der Waals surface area contributed by atoms with Gasteiger partial charge >= 0.3 is 0 Å². The topological polar surface area (TPSA) is 41.5 Å². The fraction of sp³-hybridized carbons (Fsp3) is 1.00. The molecule has 0 aromatic rings. The van der Waals surface area contributed by atoms with Gasteiger partial charge in [-0.2, -0.15) is 0 Å². The molecule has 0 aliphatic carbocycles. The second-order valence-corrected chi connectivity index (χ2v) is 4.32. The monoisotopic (exact) mass is 173 g/mol. The minimum absolute atomic E-state index is 0.129. The van der Waals surface area contributed by atoms with Crippen molar-refractivity contribution in [2.45, 2.75) is 51.5 Å². The van der Waals surface area contributed by atoms with Gasteiger partial charge in [-0.3, -0.25) is 0 Å². The van der Waals surface area contributed by atoms with Gasteiger partial charge in [-0.1, -0.05) is 0 Å². The second-order valence-electron chi connectivity index (χ2n) is 4.32. The first-order chi connectivity index (χ1) is 5.49. The van der Waals surface area contributed by atoms with Crippen molar-refractivity contribution < 1.29 is 9.84 Å². The van der Waals surface area contributed by atoms with E-state index >= 15 is 0 Å². The van der Waals surface area contributed by atoms with Crippen LogP contribution in [0.2, 0.25) is 0 Å². The Bertz CT molecular complexity index is 136. The summed E-state index contributed by atoms with van der Waals surface area (Å²) in [7, 11) is 0. The van der Waals surface area contributed by atoms with Gasteiger partial charge in [0.05, 0.1) is 11.6 Å². The average molecular weight is 173 g/mol. The number of ether oxygens (including phenoxy) is 1. The van der Waals surface area contributed by atoms with Crippen LogP contribution in [-0.4, -0.2) is 29.6 Å². The molecule has 0 spiro atoms. The Kier molecular flexibility index (Phi) is 3.09. The number of hydrogen-bond donors (Lipinski definition) is 2. The first-order valence-corrected chi connectivity index (χ1v) is 4.58. The van der Waals surface area contributed by atoms with E-state index in [1.54, 1.807) is 0 Å². The van der Waals surface area contributed by atoms with Gasteiger partial charge in [0.2, 0.25) is 0 Å². The first-order valence-electron chi connectivity index (χ1n) is 4.58. The van der Waals surface area contributed by atoms with Crippen LogP contribution in [0, 0.1) is 0 Å². The number of aliphatic hydroxyl groups excluding tert-OH is 1. The summed E-state index contributed by atoms with van der Waals surface area (Å²) >= 11 is 0. The van der Waals surface area contributed by atoms with Gasteiger partial charge < -0.3 is 15.2 Å². The third-order valence-corrected chi connectivity index (χ3v) is 1.92. The Balaban J connectivity index is 2.31. The summed E-state index contributed by atoms with van der Waals surface area (Å²) in [5.74, 6) is 0. The molecule has 12 heavy (non-hydrogen) atoms. The lowest BCUT2D eigenvalue weighted by atomic mass is 10.1. The van der Waals surface area contributed by atoms with Crippen LogP contribution in [0.25, 0.3) is 0 Å². The molecule has 0 aromatic heterocycles. The SMILES string of the molecule is CC(C)(C)OC(O)[C@@H]1CCCN1. The van der Waals surface area contributed by atoms with E-state index in [4.69, 9.17) is 4.74 Å². The molecular formula is C9H19NO2. The Hall–Kier alpha value is -0.120. The highest BCUT2D eigenvalue weighted by Gasteiger charge is 2.26. The zero-order valence-corrected chi connectivity index (χ0v) is 8.13. The van der Waals surface area contributed by atoms with E-state index < -0.39 is 6.29 Å². The summed E-state index contributed by atoms with van der Waals surface area (Å²) in [5.41, 5.74) is -0.260. The summed E-state index contributed by atoms with van der Waals surface area (Å²) in [4.78, 5) is 0. The van der Waals surface area contributed by atoms with Gasteiger partial charge in [-0.05, 0) is 40.2 Å². The zero-order chi connectivity index (χ0) is 9.19. The highest BCUT2D eigenvalue weighted by Crippen LogP contribution is 2.16. The lowest BCUT2D eigenvalue weighted by molar-refractivity contribution is -0.177. The summed E-state index contributed by atoms with van der Waals surface area (Å²) in [5, 5.41) is 12.8. The molecule has 0 bridgehead atoms. The van der Waals surface area contributed by atoms with Gasteiger partial charge in [0.1, 0.15) is 0 Å². The third kappa shape index (κ3) is 3.09. The number of nitrogens with one attached hydrogen (secondary N) is 1. The maximum Gasteiger partial charge on any atom is 0.170 e. The van der Waals surface area contributed by atoms with Crippen molar-refractivity contribution in [2.75, 3.05) is 6.54 Å². The molecule has 0 saturated carbocycles. The molecule has 1 aliphatic rings. The molecule has 1 rings (SSSR count). The lowest BCUT2D eigenvalue weighted by Crippen LogP contribution is -2.41. The van der Waals surface area contributed by atoms with Gasteiger partial charge in [-0.15, -0.1) is 0 Å². The third-order valence-electron chi connectivity index (χ3n) is 1.92. The van der Waals surface area contributed by atoms with E-state index in [1.807, 2.05) is 20.8 Å². The molecule has 72 valence electrons. The maximum atomic E-state index is 9.60. The Morgan fingerprint density at radius 1 is 1.50 bits per heavy atom. The second kappa shape index (κ2) is 3.73. The van der Waals surface area contributed by atoms with Crippen LogP contribution in [0.4, 0.5) is 0 Å². The van der Waals surface area contributed by atoms with Crippen LogP contribution < -0.4 is 5.32 Å². The van der Waals surface area contributed by atoms with Crippen LogP contribution in [0.1, 0.15) is 33.6 Å². The largest absolute Gasteiger partial charge is 0.367 e. The molecule has 1 aliphatic heterocycles. The molecule has 2 atom stereocenters. The van der Waals surface area contributed by atoms with Gasteiger partial charge in [0.25, 0.3) is 0 Å². The minimum atomic E-state index is -0.660. The fourth-order valence-corrected chi connectivity index (χ4v) is 1.40. The van der Waals surface area contributed by atoms with Crippen molar-refractivity contribution in [3.05, 3.63) is 0 Å². The van der Waals surface area contributed by atoms with Gasteiger partial charge in [0.15, 0.2) is 6.29 Å². The molecule has 1 unspecified atom stereocenters. The van der Waals surface area contributed by atoms with E-state index in [0.717, 1.165) is 19.4 Å². The van der Waals surface area contributed by atoms with Gasteiger partial charge in [-0.25, -0.2) is 0 Å². The number of hydrogen-bond acceptors (Lipinski definition) is 3. The van der Waals surface area contributed by atoms with Gasteiger partial charge in [0, 0.05) is 0 Å². The average Bonchev–Trinajstić information content (AvgIpc) is 2.32. The molecule has 2 N–H and O–H groups in total. The lowest BCUT2D eigenvalue weighted by Gasteiger charge is -2.27. The zero-order valence-electron chi connectivity index (χ0n) is 8.13. The van der Waals surface area contributed by atoms with Crippen molar-refractivity contribution in [1.82, 2.24) is 5.32 Å². The highest BCUT2D eigenvalue weighted by molar-refractivity contribution is 4.78. The molecular weight excluding hydrogens is 154 g/mol. The van der Waals surface area contributed by atoms with Crippen molar-refractivity contribution in [2.24, 2.45) is 0 Å². The van der Waals surface area contributed by atoms with Crippen molar-refractivity contribution in [1.29, 1.82) is 0 Å². The molecule has 1 saturated heterocycles. The predicted molar refractivity (Wildman–Crippen MR) is 47.9 cm³/mol. The minimum Gasteiger partial charge on any atom is -0.367 e. The summed E-state index contributed by atoms with van der Waals surface area (Å²) < 4.78 is 5.41. The highest BCUT2D eigenvalue weighted by atomic mass is 16.6. The van der Waals surface area contributed by atoms with Crippen LogP contribution in [-0.2, 0) is 4.74 Å².